The SMILES string of the molecule is C/C=C(\C=C/CCl)C(=O)c1c(C)cc(Cc2ccc(=O)[nH]n2)n1C. The fourth-order valence-corrected chi connectivity index (χ4v) is 2.68. The summed E-state index contributed by atoms with van der Waals surface area (Å²) >= 11 is 5.66. The van der Waals surface area contributed by atoms with E-state index in [0.29, 0.717) is 23.6 Å². The minimum absolute atomic E-state index is 0.0421. The third-order valence-corrected chi connectivity index (χ3v) is 3.97. The fourth-order valence-electron chi connectivity index (χ4n) is 2.59. The van der Waals surface area contributed by atoms with Crippen LogP contribution in [-0.2, 0) is 13.5 Å². The van der Waals surface area contributed by atoms with Crippen molar-refractivity contribution in [2.75, 3.05) is 5.88 Å². The fraction of sp³-hybridized carbons (Fsp3) is 0.278. The molecule has 6 heteroatoms. The highest BCUT2D eigenvalue weighted by atomic mass is 35.5. The van der Waals surface area contributed by atoms with Crippen LogP contribution < -0.4 is 5.56 Å². The first-order chi connectivity index (χ1) is 11.5. The van der Waals surface area contributed by atoms with E-state index in [-0.39, 0.29) is 11.3 Å². The monoisotopic (exact) mass is 345 g/mol. The Morgan fingerprint density at radius 1 is 1.42 bits per heavy atom. The maximum Gasteiger partial charge on any atom is 0.264 e. The summed E-state index contributed by atoms with van der Waals surface area (Å²) in [5, 5.41) is 6.44. The van der Waals surface area contributed by atoms with Gasteiger partial charge in [-0.05, 0) is 31.5 Å². The van der Waals surface area contributed by atoms with Crippen LogP contribution in [0, 0.1) is 6.92 Å². The van der Waals surface area contributed by atoms with Gasteiger partial charge in [-0.3, -0.25) is 9.59 Å². The lowest BCUT2D eigenvalue weighted by atomic mass is 10.1. The standard InChI is InChI=1S/C18H20ClN3O2/c1-4-13(6-5-9-19)18(24)17-12(2)10-15(22(17)3)11-14-7-8-16(23)21-20-14/h4-8,10H,9,11H2,1-3H3,(H,21,23)/b6-5-,13-4+. The van der Waals surface area contributed by atoms with Gasteiger partial charge in [-0.25, -0.2) is 5.10 Å². The van der Waals surface area contributed by atoms with Crippen molar-refractivity contribution in [2.45, 2.75) is 20.3 Å². The summed E-state index contributed by atoms with van der Waals surface area (Å²) in [6, 6.07) is 5.10. The number of nitrogens with zero attached hydrogens (tertiary/aromatic N) is 2. The van der Waals surface area contributed by atoms with Crippen LogP contribution in [0.15, 0.2) is 46.8 Å². The van der Waals surface area contributed by atoms with Crippen molar-refractivity contribution < 1.29 is 4.79 Å². The van der Waals surface area contributed by atoms with E-state index in [2.05, 4.69) is 10.2 Å². The summed E-state index contributed by atoms with van der Waals surface area (Å²) in [4.78, 5) is 23.9. The predicted molar refractivity (Wildman–Crippen MR) is 95.8 cm³/mol. The van der Waals surface area contributed by atoms with Gasteiger partial charge in [0.05, 0.1) is 11.4 Å². The molecule has 5 nitrogen and oxygen atoms in total. The summed E-state index contributed by atoms with van der Waals surface area (Å²) in [5.74, 6) is 0.319. The zero-order valence-corrected chi connectivity index (χ0v) is 14.7. The van der Waals surface area contributed by atoms with E-state index >= 15 is 0 Å². The van der Waals surface area contributed by atoms with Crippen molar-refractivity contribution in [3.05, 3.63) is 75.0 Å². The Balaban J connectivity index is 2.34. The van der Waals surface area contributed by atoms with Gasteiger partial charge in [0, 0.05) is 36.7 Å². The van der Waals surface area contributed by atoms with Crippen LogP contribution in [0.5, 0.6) is 0 Å². The highest BCUT2D eigenvalue weighted by Crippen LogP contribution is 2.20. The molecule has 0 fully saturated rings. The molecule has 0 spiro atoms. The number of rotatable bonds is 6. The molecule has 2 rings (SSSR count). The molecule has 2 aromatic heterocycles. The van der Waals surface area contributed by atoms with Crippen LogP contribution in [0.1, 0.15) is 34.4 Å². The molecule has 2 aromatic rings. The van der Waals surface area contributed by atoms with Crippen molar-refractivity contribution >= 4 is 17.4 Å². The second-order valence-electron chi connectivity index (χ2n) is 5.45. The van der Waals surface area contributed by atoms with Gasteiger partial charge in [0.15, 0.2) is 0 Å². The molecule has 0 aliphatic heterocycles. The van der Waals surface area contributed by atoms with Crippen molar-refractivity contribution in [2.24, 2.45) is 7.05 Å². The number of ketones is 1. The number of carbonyl (C=O) groups is 1. The van der Waals surface area contributed by atoms with Crippen LogP contribution in [0.4, 0.5) is 0 Å². The van der Waals surface area contributed by atoms with E-state index in [9.17, 15) is 9.59 Å². The second-order valence-corrected chi connectivity index (χ2v) is 5.75. The molecule has 1 N–H and O–H groups in total. The lowest BCUT2D eigenvalue weighted by Gasteiger charge is -2.08. The van der Waals surface area contributed by atoms with E-state index in [1.165, 1.54) is 6.07 Å². The third kappa shape index (κ3) is 3.92. The Labute approximate surface area is 145 Å². The summed E-state index contributed by atoms with van der Waals surface area (Å²) < 4.78 is 1.88. The van der Waals surface area contributed by atoms with E-state index in [1.54, 1.807) is 24.3 Å². The first-order valence-corrected chi connectivity index (χ1v) is 8.14. The first kappa shape index (κ1) is 17.9. The van der Waals surface area contributed by atoms with Crippen LogP contribution in [0.2, 0.25) is 0 Å². The quantitative estimate of drug-likeness (QED) is 0.379. The molecule has 0 aliphatic rings. The number of Topliss-reactive ketones (excluding diaryl/α,β-unsaturated/α-hetero) is 1. The summed E-state index contributed by atoms with van der Waals surface area (Å²) in [5.41, 5.74) is 3.60. The molecular formula is C18H20ClN3O2. The molecule has 2 heterocycles. The number of aromatic nitrogens is 3. The smallest absolute Gasteiger partial charge is 0.264 e. The first-order valence-electron chi connectivity index (χ1n) is 7.61. The Hall–Kier alpha value is -2.40. The summed E-state index contributed by atoms with van der Waals surface area (Å²) in [6.07, 6.45) is 5.80. The molecule has 0 saturated heterocycles. The number of H-pyrrole nitrogens is 1. The Morgan fingerprint density at radius 2 is 2.17 bits per heavy atom. The maximum atomic E-state index is 12.8. The molecule has 0 unspecified atom stereocenters. The molecule has 0 aromatic carbocycles. The largest absolute Gasteiger partial charge is 0.344 e. The molecule has 0 atom stereocenters. The number of hydrogen-bond donors (Lipinski definition) is 1. The van der Waals surface area contributed by atoms with Gasteiger partial charge >= 0.3 is 0 Å². The number of carbonyl (C=O) groups excluding carboxylic acids is 1. The lowest BCUT2D eigenvalue weighted by Crippen LogP contribution is -2.12. The van der Waals surface area contributed by atoms with Crippen LogP contribution in [0.25, 0.3) is 0 Å². The molecule has 0 bridgehead atoms. The second kappa shape index (κ2) is 7.93. The highest BCUT2D eigenvalue weighted by molar-refractivity contribution is 6.19. The zero-order valence-electron chi connectivity index (χ0n) is 14.0. The zero-order chi connectivity index (χ0) is 17.7. The topological polar surface area (TPSA) is 67.8 Å². The van der Waals surface area contributed by atoms with Gasteiger partial charge in [0.25, 0.3) is 5.56 Å². The Kier molecular flexibility index (Phi) is 5.93. The lowest BCUT2D eigenvalue weighted by molar-refractivity contribution is 0.102. The number of aryl methyl sites for hydroxylation is 1. The molecule has 0 aliphatic carbocycles. The number of aromatic amines is 1. The Morgan fingerprint density at radius 3 is 2.75 bits per heavy atom. The van der Waals surface area contributed by atoms with E-state index in [1.807, 2.05) is 31.5 Å². The molecule has 0 radical (unpaired) electrons. The molecule has 24 heavy (non-hydrogen) atoms. The van der Waals surface area contributed by atoms with Crippen LogP contribution >= 0.6 is 11.6 Å². The average Bonchev–Trinajstić information content (AvgIpc) is 2.84. The van der Waals surface area contributed by atoms with Gasteiger partial charge in [0.1, 0.15) is 0 Å². The normalized spacial score (nSPS) is 12.1. The number of nitrogens with one attached hydrogen (secondary N) is 1. The maximum absolute atomic E-state index is 12.8. The molecule has 0 saturated carbocycles. The van der Waals surface area contributed by atoms with E-state index in [0.717, 1.165) is 17.0 Å². The average molecular weight is 346 g/mol. The van der Waals surface area contributed by atoms with Crippen LogP contribution in [-0.4, -0.2) is 26.4 Å². The minimum atomic E-state index is -0.235. The Bertz CT molecular complexity index is 839. The summed E-state index contributed by atoms with van der Waals surface area (Å²) in [6.45, 7) is 3.74. The molecule has 0 amide bonds. The number of allylic oxidation sites excluding steroid dienone is 4. The highest BCUT2D eigenvalue weighted by Gasteiger charge is 2.19. The van der Waals surface area contributed by atoms with E-state index in [4.69, 9.17) is 11.6 Å². The van der Waals surface area contributed by atoms with Crippen molar-refractivity contribution in [3.63, 3.8) is 0 Å². The van der Waals surface area contributed by atoms with Gasteiger partial charge in [-0.1, -0.05) is 18.2 Å². The summed E-state index contributed by atoms with van der Waals surface area (Å²) in [7, 11) is 1.86. The third-order valence-electron chi connectivity index (χ3n) is 3.80. The number of halogens is 1. The van der Waals surface area contributed by atoms with Gasteiger partial charge < -0.3 is 4.57 Å². The number of alkyl halides is 1. The predicted octanol–water partition coefficient (Wildman–Crippen LogP) is 2.93. The van der Waals surface area contributed by atoms with Gasteiger partial charge in [0.2, 0.25) is 5.78 Å². The van der Waals surface area contributed by atoms with Gasteiger partial charge in [-0.2, -0.15) is 5.10 Å². The van der Waals surface area contributed by atoms with Crippen LogP contribution in [0.3, 0.4) is 0 Å². The van der Waals surface area contributed by atoms with Crippen molar-refractivity contribution in [3.8, 4) is 0 Å². The molecule has 126 valence electrons. The van der Waals surface area contributed by atoms with Crippen molar-refractivity contribution in [1.29, 1.82) is 0 Å². The molecular weight excluding hydrogens is 326 g/mol. The van der Waals surface area contributed by atoms with Gasteiger partial charge in [-0.15, -0.1) is 11.6 Å². The van der Waals surface area contributed by atoms with E-state index < -0.39 is 0 Å². The van der Waals surface area contributed by atoms with Crippen molar-refractivity contribution in [1.82, 2.24) is 14.8 Å². The minimum Gasteiger partial charge on any atom is -0.344 e. The number of hydrogen-bond acceptors (Lipinski definition) is 3.